The molecule has 1 unspecified atom stereocenters. The van der Waals surface area contributed by atoms with Crippen LogP contribution in [0.2, 0.25) is 0 Å². The average molecular weight is 482 g/mol. The van der Waals surface area contributed by atoms with E-state index >= 15 is 0 Å². The first kappa shape index (κ1) is 24.4. The second-order valence-corrected chi connectivity index (χ2v) is 8.41. The Morgan fingerprint density at radius 3 is 2.14 bits per heavy atom. The Bertz CT molecular complexity index is 1350. The van der Waals surface area contributed by atoms with E-state index in [0.717, 1.165) is 22.4 Å². The molecule has 1 aromatic heterocycles. The molecule has 8 heteroatoms. The van der Waals surface area contributed by atoms with Gasteiger partial charge < -0.3 is 5.32 Å². The zero-order chi connectivity index (χ0) is 25.5. The fourth-order valence-corrected chi connectivity index (χ4v) is 3.79. The predicted molar refractivity (Wildman–Crippen MR) is 137 cm³/mol. The molecule has 1 heterocycles. The van der Waals surface area contributed by atoms with Gasteiger partial charge in [0.2, 0.25) is 11.8 Å². The highest BCUT2D eigenvalue weighted by atomic mass is 16.2. The third-order valence-corrected chi connectivity index (χ3v) is 5.59. The fourth-order valence-electron chi connectivity index (χ4n) is 3.79. The molecule has 0 saturated carbocycles. The fraction of sp³-hybridized carbons (Fsp3) is 0.143. The molecule has 0 radical (unpaired) electrons. The van der Waals surface area contributed by atoms with Crippen LogP contribution in [0.25, 0.3) is 16.9 Å². The number of hydrogen-bond donors (Lipinski definition) is 3. The maximum Gasteiger partial charge on any atom is 0.273 e. The topological polar surface area (TPSA) is 105 Å². The highest BCUT2D eigenvalue weighted by Gasteiger charge is 2.21. The molecule has 1 atom stereocenters. The average Bonchev–Trinajstić information content (AvgIpc) is 3.34. The molecule has 4 aromatic rings. The minimum Gasteiger partial charge on any atom is -0.349 e. The maximum absolute atomic E-state index is 13.1. The Balaban J connectivity index is 1.50. The van der Waals surface area contributed by atoms with Crippen molar-refractivity contribution < 1.29 is 14.4 Å². The predicted octanol–water partition coefficient (Wildman–Crippen LogP) is 3.88. The van der Waals surface area contributed by atoms with E-state index in [1.54, 1.807) is 10.9 Å². The van der Waals surface area contributed by atoms with Gasteiger partial charge in [-0.05, 0) is 24.6 Å². The van der Waals surface area contributed by atoms with E-state index in [9.17, 15) is 14.4 Å². The summed E-state index contributed by atoms with van der Waals surface area (Å²) >= 11 is 0. The van der Waals surface area contributed by atoms with Crippen molar-refractivity contribution in [3.63, 3.8) is 0 Å². The summed E-state index contributed by atoms with van der Waals surface area (Å²) in [5, 5.41) is 7.41. The van der Waals surface area contributed by atoms with Gasteiger partial charge >= 0.3 is 0 Å². The van der Waals surface area contributed by atoms with Gasteiger partial charge in [-0.25, -0.2) is 4.68 Å². The van der Waals surface area contributed by atoms with Gasteiger partial charge in [-0.2, -0.15) is 5.10 Å². The first-order valence-electron chi connectivity index (χ1n) is 11.5. The highest BCUT2D eigenvalue weighted by Crippen LogP contribution is 2.23. The van der Waals surface area contributed by atoms with E-state index in [-0.39, 0.29) is 12.3 Å². The third-order valence-electron chi connectivity index (χ3n) is 5.59. The summed E-state index contributed by atoms with van der Waals surface area (Å²) < 4.78 is 1.63. The van der Waals surface area contributed by atoms with Gasteiger partial charge in [-0.15, -0.1) is 0 Å². The molecular weight excluding hydrogens is 454 g/mol. The summed E-state index contributed by atoms with van der Waals surface area (Å²) in [5.74, 6) is -1.20. The lowest BCUT2D eigenvalue weighted by Crippen LogP contribution is -2.43. The highest BCUT2D eigenvalue weighted by molar-refractivity contribution is 6.00. The number of amides is 3. The smallest absolute Gasteiger partial charge is 0.273 e. The number of nitrogens with one attached hydrogen (secondary N) is 3. The Morgan fingerprint density at radius 1 is 0.861 bits per heavy atom. The zero-order valence-corrected chi connectivity index (χ0v) is 20.1. The van der Waals surface area contributed by atoms with Crippen molar-refractivity contribution in [1.29, 1.82) is 0 Å². The Morgan fingerprint density at radius 2 is 1.50 bits per heavy atom. The van der Waals surface area contributed by atoms with Gasteiger partial charge in [0.1, 0.15) is 5.69 Å². The molecule has 0 spiro atoms. The standard InChI is InChI=1S/C28H27N5O3/c1-19-13-15-21(16-14-19)25(29-20(2)34)17-26(35)30-31-28(36)24-18-33(23-11-7-4-8-12-23)32-27(24)22-9-5-3-6-10-22/h3-16,18,25H,17H2,1-2H3,(H,29,34)(H,30,35)(H,31,36). The van der Waals surface area contributed by atoms with Crippen LogP contribution in [0.5, 0.6) is 0 Å². The monoisotopic (exact) mass is 481 g/mol. The SMILES string of the molecule is CC(=O)NC(CC(=O)NNC(=O)c1cn(-c2ccccc2)nc1-c1ccccc1)c1ccc(C)cc1. The van der Waals surface area contributed by atoms with Crippen LogP contribution >= 0.6 is 0 Å². The lowest BCUT2D eigenvalue weighted by atomic mass is 10.0. The van der Waals surface area contributed by atoms with Crippen LogP contribution < -0.4 is 16.2 Å². The third kappa shape index (κ3) is 6.04. The van der Waals surface area contributed by atoms with Crippen LogP contribution in [0.3, 0.4) is 0 Å². The molecule has 0 bridgehead atoms. The first-order valence-corrected chi connectivity index (χ1v) is 11.5. The number of carbonyl (C=O) groups excluding carboxylic acids is 3. The van der Waals surface area contributed by atoms with Crippen molar-refractivity contribution in [2.24, 2.45) is 0 Å². The van der Waals surface area contributed by atoms with Crippen molar-refractivity contribution in [2.45, 2.75) is 26.3 Å². The minimum absolute atomic E-state index is 0.0439. The van der Waals surface area contributed by atoms with Gasteiger partial charge in [0.15, 0.2) is 0 Å². The molecule has 8 nitrogen and oxygen atoms in total. The number of carbonyl (C=O) groups is 3. The van der Waals surface area contributed by atoms with Crippen molar-refractivity contribution in [3.8, 4) is 16.9 Å². The number of hydrazine groups is 1. The van der Waals surface area contributed by atoms with Gasteiger partial charge in [-0.1, -0.05) is 78.4 Å². The largest absolute Gasteiger partial charge is 0.349 e. The van der Waals surface area contributed by atoms with Crippen molar-refractivity contribution in [1.82, 2.24) is 25.9 Å². The van der Waals surface area contributed by atoms with Gasteiger partial charge in [-0.3, -0.25) is 25.2 Å². The number of rotatable bonds is 7. The minimum atomic E-state index is -0.527. The summed E-state index contributed by atoms with van der Waals surface area (Å²) in [6, 6.07) is 25.8. The molecule has 0 aliphatic carbocycles. The molecule has 0 aliphatic rings. The Hall–Kier alpha value is -4.72. The van der Waals surface area contributed by atoms with Gasteiger partial charge in [0.05, 0.1) is 23.7 Å². The van der Waals surface area contributed by atoms with Crippen LogP contribution in [-0.2, 0) is 9.59 Å². The van der Waals surface area contributed by atoms with Crippen LogP contribution in [0.15, 0.2) is 91.1 Å². The van der Waals surface area contributed by atoms with E-state index in [4.69, 9.17) is 0 Å². The summed E-state index contributed by atoms with van der Waals surface area (Å²) in [6.07, 6.45) is 1.59. The van der Waals surface area contributed by atoms with Crippen LogP contribution in [-0.4, -0.2) is 27.5 Å². The zero-order valence-electron chi connectivity index (χ0n) is 20.1. The van der Waals surface area contributed by atoms with E-state index in [1.807, 2.05) is 91.9 Å². The second kappa shape index (κ2) is 11.1. The molecule has 36 heavy (non-hydrogen) atoms. The van der Waals surface area contributed by atoms with E-state index in [0.29, 0.717) is 11.3 Å². The summed E-state index contributed by atoms with van der Waals surface area (Å²) in [5.41, 5.74) is 9.19. The summed E-state index contributed by atoms with van der Waals surface area (Å²) in [7, 11) is 0. The number of para-hydroxylation sites is 1. The van der Waals surface area contributed by atoms with Gasteiger partial charge in [0, 0.05) is 18.7 Å². The van der Waals surface area contributed by atoms with E-state index in [1.165, 1.54) is 6.92 Å². The van der Waals surface area contributed by atoms with Crippen LogP contribution in [0.4, 0.5) is 0 Å². The lowest BCUT2D eigenvalue weighted by Gasteiger charge is -2.18. The lowest BCUT2D eigenvalue weighted by molar-refractivity contribution is -0.123. The molecular formula is C28H27N5O3. The molecule has 0 saturated heterocycles. The number of aryl methyl sites for hydroxylation is 1. The Kier molecular flexibility index (Phi) is 7.55. The molecule has 0 aliphatic heterocycles. The van der Waals surface area contributed by atoms with Crippen LogP contribution in [0.1, 0.15) is 40.9 Å². The number of nitrogens with zero attached hydrogens (tertiary/aromatic N) is 2. The van der Waals surface area contributed by atoms with E-state index < -0.39 is 17.9 Å². The summed E-state index contributed by atoms with van der Waals surface area (Å²) in [4.78, 5) is 37.5. The van der Waals surface area contributed by atoms with Crippen molar-refractivity contribution >= 4 is 17.7 Å². The van der Waals surface area contributed by atoms with Crippen LogP contribution in [0, 0.1) is 6.92 Å². The molecule has 3 aromatic carbocycles. The molecule has 3 amide bonds. The number of hydrogen-bond acceptors (Lipinski definition) is 4. The van der Waals surface area contributed by atoms with Gasteiger partial charge in [0.25, 0.3) is 5.91 Å². The number of benzene rings is 3. The van der Waals surface area contributed by atoms with Crippen molar-refractivity contribution in [3.05, 3.63) is 108 Å². The quantitative estimate of drug-likeness (QED) is 0.349. The van der Waals surface area contributed by atoms with Crippen molar-refractivity contribution in [2.75, 3.05) is 0 Å². The number of aromatic nitrogens is 2. The molecule has 4 rings (SSSR count). The summed E-state index contributed by atoms with van der Waals surface area (Å²) in [6.45, 7) is 3.36. The Labute approximate surface area is 209 Å². The molecule has 3 N–H and O–H groups in total. The normalized spacial score (nSPS) is 11.4. The molecule has 182 valence electrons. The maximum atomic E-state index is 13.1. The second-order valence-electron chi connectivity index (χ2n) is 8.41. The van der Waals surface area contributed by atoms with E-state index in [2.05, 4.69) is 21.3 Å². The molecule has 0 fully saturated rings. The first-order chi connectivity index (χ1) is 17.4.